The number of hydrogen-bond acceptors (Lipinski definition) is 2. The van der Waals surface area contributed by atoms with Crippen LogP contribution in [-0.2, 0) is 0 Å². The second kappa shape index (κ2) is 7.22. The summed E-state index contributed by atoms with van der Waals surface area (Å²) in [6.07, 6.45) is 0.944. The van der Waals surface area contributed by atoms with E-state index in [1.165, 1.54) is 0 Å². The SMILES string of the molecule is CCC(NCC(C)CO)c1ccc(Cl)cc1Cl. The van der Waals surface area contributed by atoms with Crippen LogP contribution in [0.4, 0.5) is 0 Å². The van der Waals surface area contributed by atoms with Crippen molar-refractivity contribution < 1.29 is 5.11 Å². The van der Waals surface area contributed by atoms with Gasteiger partial charge in [-0.15, -0.1) is 0 Å². The van der Waals surface area contributed by atoms with E-state index >= 15 is 0 Å². The number of benzene rings is 1. The summed E-state index contributed by atoms with van der Waals surface area (Å²) in [4.78, 5) is 0. The van der Waals surface area contributed by atoms with Crippen LogP contribution in [-0.4, -0.2) is 18.3 Å². The molecular weight excluding hydrogens is 257 g/mol. The largest absolute Gasteiger partial charge is 0.396 e. The Morgan fingerprint density at radius 3 is 2.59 bits per heavy atom. The third-order valence-electron chi connectivity index (χ3n) is 2.77. The number of halogens is 2. The van der Waals surface area contributed by atoms with E-state index in [9.17, 15) is 0 Å². The summed E-state index contributed by atoms with van der Waals surface area (Å²) in [6, 6.07) is 5.77. The summed E-state index contributed by atoms with van der Waals surface area (Å²) < 4.78 is 0. The summed E-state index contributed by atoms with van der Waals surface area (Å²) in [5.41, 5.74) is 1.06. The predicted octanol–water partition coefficient (Wildman–Crippen LogP) is 3.66. The van der Waals surface area contributed by atoms with Crippen molar-refractivity contribution >= 4 is 23.2 Å². The maximum atomic E-state index is 9.00. The number of rotatable bonds is 6. The average molecular weight is 276 g/mol. The topological polar surface area (TPSA) is 32.3 Å². The zero-order valence-corrected chi connectivity index (χ0v) is 11.7. The van der Waals surface area contributed by atoms with Crippen LogP contribution in [0.1, 0.15) is 31.9 Å². The molecule has 1 aromatic rings. The van der Waals surface area contributed by atoms with Gasteiger partial charge in [-0.2, -0.15) is 0 Å². The van der Waals surface area contributed by atoms with Crippen molar-refractivity contribution in [3.8, 4) is 0 Å². The van der Waals surface area contributed by atoms with Crippen molar-refractivity contribution in [2.24, 2.45) is 5.92 Å². The lowest BCUT2D eigenvalue weighted by atomic mass is 10.0. The van der Waals surface area contributed by atoms with Crippen LogP contribution >= 0.6 is 23.2 Å². The maximum Gasteiger partial charge on any atom is 0.0468 e. The Balaban J connectivity index is 2.72. The van der Waals surface area contributed by atoms with Gasteiger partial charge in [0.25, 0.3) is 0 Å². The van der Waals surface area contributed by atoms with Gasteiger partial charge in [0.15, 0.2) is 0 Å². The monoisotopic (exact) mass is 275 g/mol. The van der Waals surface area contributed by atoms with Gasteiger partial charge in [-0.3, -0.25) is 0 Å². The van der Waals surface area contributed by atoms with Crippen LogP contribution in [0.3, 0.4) is 0 Å². The van der Waals surface area contributed by atoms with E-state index in [0.29, 0.717) is 10.0 Å². The molecule has 0 amide bonds. The minimum Gasteiger partial charge on any atom is -0.396 e. The fourth-order valence-corrected chi connectivity index (χ4v) is 2.21. The van der Waals surface area contributed by atoms with Gasteiger partial charge in [0.1, 0.15) is 0 Å². The molecule has 0 saturated heterocycles. The first-order valence-corrected chi connectivity index (χ1v) is 6.63. The third-order valence-corrected chi connectivity index (χ3v) is 3.33. The second-order valence-corrected chi connectivity index (χ2v) is 5.17. The molecule has 0 bridgehead atoms. The standard InChI is InChI=1S/C13H19Cl2NO/c1-3-13(16-7-9(2)8-17)11-5-4-10(14)6-12(11)15/h4-6,9,13,16-17H,3,7-8H2,1-2H3. The number of hydrogen-bond donors (Lipinski definition) is 2. The average Bonchev–Trinajstić information content (AvgIpc) is 2.31. The van der Waals surface area contributed by atoms with Gasteiger partial charge in [-0.1, -0.05) is 43.1 Å². The van der Waals surface area contributed by atoms with E-state index in [0.717, 1.165) is 18.5 Å². The van der Waals surface area contributed by atoms with Gasteiger partial charge in [0.05, 0.1) is 0 Å². The molecule has 17 heavy (non-hydrogen) atoms. The third kappa shape index (κ3) is 4.47. The fourth-order valence-electron chi connectivity index (χ4n) is 1.67. The number of aliphatic hydroxyl groups is 1. The second-order valence-electron chi connectivity index (χ2n) is 4.32. The normalized spacial score (nSPS) is 14.6. The lowest BCUT2D eigenvalue weighted by Crippen LogP contribution is -2.27. The summed E-state index contributed by atoms with van der Waals surface area (Å²) in [5, 5.41) is 13.7. The zero-order chi connectivity index (χ0) is 12.8. The molecule has 0 aliphatic heterocycles. The lowest BCUT2D eigenvalue weighted by molar-refractivity contribution is 0.229. The highest BCUT2D eigenvalue weighted by atomic mass is 35.5. The van der Waals surface area contributed by atoms with E-state index in [-0.39, 0.29) is 18.6 Å². The first kappa shape index (κ1) is 14.8. The molecule has 2 unspecified atom stereocenters. The van der Waals surface area contributed by atoms with Crippen molar-refractivity contribution in [2.75, 3.05) is 13.2 Å². The molecule has 0 radical (unpaired) electrons. The van der Waals surface area contributed by atoms with Gasteiger partial charge >= 0.3 is 0 Å². The van der Waals surface area contributed by atoms with Crippen LogP contribution in [0.5, 0.6) is 0 Å². The summed E-state index contributed by atoms with van der Waals surface area (Å²) >= 11 is 12.1. The van der Waals surface area contributed by atoms with Gasteiger partial charge in [-0.25, -0.2) is 0 Å². The number of nitrogens with one attached hydrogen (secondary N) is 1. The lowest BCUT2D eigenvalue weighted by Gasteiger charge is -2.20. The van der Waals surface area contributed by atoms with E-state index in [1.807, 2.05) is 19.1 Å². The smallest absolute Gasteiger partial charge is 0.0468 e. The molecule has 0 saturated carbocycles. The maximum absolute atomic E-state index is 9.00. The van der Waals surface area contributed by atoms with Gasteiger partial charge in [0, 0.05) is 29.2 Å². The first-order valence-electron chi connectivity index (χ1n) is 5.87. The number of aliphatic hydroxyl groups excluding tert-OH is 1. The van der Waals surface area contributed by atoms with E-state index in [2.05, 4.69) is 12.2 Å². The molecule has 4 heteroatoms. The molecule has 1 rings (SSSR count). The van der Waals surface area contributed by atoms with Crippen molar-refractivity contribution in [1.29, 1.82) is 0 Å². The molecule has 0 spiro atoms. The van der Waals surface area contributed by atoms with Crippen LogP contribution in [0, 0.1) is 5.92 Å². The molecule has 1 aromatic carbocycles. The Morgan fingerprint density at radius 2 is 2.06 bits per heavy atom. The Labute approximate surface area is 113 Å². The minimum absolute atomic E-state index is 0.192. The molecule has 0 aliphatic rings. The summed E-state index contributed by atoms with van der Waals surface area (Å²) in [6.45, 7) is 5.07. The highest BCUT2D eigenvalue weighted by Gasteiger charge is 2.13. The van der Waals surface area contributed by atoms with Gasteiger partial charge in [-0.05, 0) is 30.0 Å². The molecule has 0 fully saturated rings. The van der Waals surface area contributed by atoms with Crippen molar-refractivity contribution in [3.05, 3.63) is 33.8 Å². The first-order chi connectivity index (χ1) is 8.08. The molecule has 0 aromatic heterocycles. The zero-order valence-electron chi connectivity index (χ0n) is 10.2. The minimum atomic E-state index is 0.192. The molecule has 2 atom stereocenters. The fraction of sp³-hybridized carbons (Fsp3) is 0.538. The highest BCUT2D eigenvalue weighted by Crippen LogP contribution is 2.28. The van der Waals surface area contributed by atoms with E-state index < -0.39 is 0 Å². The van der Waals surface area contributed by atoms with Crippen molar-refractivity contribution in [1.82, 2.24) is 5.32 Å². The Morgan fingerprint density at radius 1 is 1.35 bits per heavy atom. The Hall–Kier alpha value is -0.280. The molecule has 0 aliphatic carbocycles. The van der Waals surface area contributed by atoms with Crippen LogP contribution in [0.25, 0.3) is 0 Å². The molecular formula is C13H19Cl2NO. The summed E-state index contributed by atoms with van der Waals surface area (Å²) in [7, 11) is 0. The Kier molecular flexibility index (Phi) is 6.28. The molecule has 2 N–H and O–H groups in total. The van der Waals surface area contributed by atoms with Crippen LogP contribution < -0.4 is 5.32 Å². The molecule has 0 heterocycles. The quantitative estimate of drug-likeness (QED) is 0.831. The van der Waals surface area contributed by atoms with E-state index in [4.69, 9.17) is 28.3 Å². The van der Waals surface area contributed by atoms with Crippen molar-refractivity contribution in [2.45, 2.75) is 26.3 Å². The molecule has 2 nitrogen and oxygen atoms in total. The summed E-state index contributed by atoms with van der Waals surface area (Å²) in [5.74, 6) is 0.245. The van der Waals surface area contributed by atoms with Crippen molar-refractivity contribution in [3.63, 3.8) is 0 Å². The van der Waals surface area contributed by atoms with Crippen LogP contribution in [0.15, 0.2) is 18.2 Å². The Bertz CT molecular complexity index is 357. The van der Waals surface area contributed by atoms with E-state index in [1.54, 1.807) is 6.07 Å². The van der Waals surface area contributed by atoms with Gasteiger partial charge < -0.3 is 10.4 Å². The van der Waals surface area contributed by atoms with Gasteiger partial charge in [0.2, 0.25) is 0 Å². The predicted molar refractivity (Wildman–Crippen MR) is 73.7 cm³/mol. The highest BCUT2D eigenvalue weighted by molar-refractivity contribution is 6.35. The molecule has 96 valence electrons. The van der Waals surface area contributed by atoms with Crippen LogP contribution in [0.2, 0.25) is 10.0 Å².